The van der Waals surface area contributed by atoms with Crippen LogP contribution >= 0.6 is 11.8 Å². The Morgan fingerprint density at radius 1 is 1.00 bits per heavy atom. The summed E-state index contributed by atoms with van der Waals surface area (Å²) in [7, 11) is -0.969. The van der Waals surface area contributed by atoms with E-state index < -0.39 is 10.8 Å². The quantitative estimate of drug-likeness (QED) is 0.565. The minimum atomic E-state index is -0.969. The van der Waals surface area contributed by atoms with Crippen molar-refractivity contribution in [3.05, 3.63) is 72.1 Å². The molecule has 0 spiro atoms. The monoisotopic (exact) mass is 371 g/mol. The first-order valence-corrected chi connectivity index (χ1v) is 10.6. The summed E-state index contributed by atoms with van der Waals surface area (Å²) >= 11 is 1.62. The average molecular weight is 372 g/mol. The zero-order chi connectivity index (χ0) is 17.5. The Kier molecular flexibility index (Phi) is 6.42. The SMILES string of the molecule is CCn1c(Cc2ccccc2)nnc1SCC[S@](=O)c1ccccc1. The maximum absolute atomic E-state index is 12.3. The fraction of sp³-hybridized carbons (Fsp3) is 0.263. The highest BCUT2D eigenvalue weighted by Crippen LogP contribution is 2.19. The molecule has 0 radical (unpaired) electrons. The van der Waals surface area contributed by atoms with Crippen LogP contribution in [-0.4, -0.2) is 30.5 Å². The molecule has 130 valence electrons. The Hall–Kier alpha value is -1.92. The van der Waals surface area contributed by atoms with Crippen molar-refractivity contribution < 1.29 is 4.21 Å². The van der Waals surface area contributed by atoms with E-state index >= 15 is 0 Å². The molecule has 25 heavy (non-hydrogen) atoms. The first kappa shape index (κ1) is 17.9. The van der Waals surface area contributed by atoms with E-state index in [1.165, 1.54) is 5.56 Å². The van der Waals surface area contributed by atoms with E-state index in [1.54, 1.807) is 11.8 Å². The molecule has 2 aromatic carbocycles. The Labute approximate surface area is 155 Å². The van der Waals surface area contributed by atoms with Crippen molar-refractivity contribution in [3.8, 4) is 0 Å². The Bertz CT molecular complexity index is 819. The summed E-state index contributed by atoms with van der Waals surface area (Å²) in [5.74, 6) is 2.34. The second-order valence-corrected chi connectivity index (χ2v) is 8.15. The van der Waals surface area contributed by atoms with E-state index in [0.29, 0.717) is 5.75 Å². The van der Waals surface area contributed by atoms with Gasteiger partial charge < -0.3 is 4.57 Å². The molecule has 0 aliphatic heterocycles. The minimum Gasteiger partial charge on any atom is -0.306 e. The fourth-order valence-corrected chi connectivity index (χ4v) is 4.86. The van der Waals surface area contributed by atoms with Crippen LogP contribution in [0.25, 0.3) is 0 Å². The molecule has 0 bridgehead atoms. The lowest BCUT2D eigenvalue weighted by molar-refractivity contribution is 0.651. The summed E-state index contributed by atoms with van der Waals surface area (Å²) < 4.78 is 14.4. The van der Waals surface area contributed by atoms with Gasteiger partial charge in [0, 0.05) is 29.4 Å². The van der Waals surface area contributed by atoms with Gasteiger partial charge in [-0.3, -0.25) is 4.21 Å². The summed E-state index contributed by atoms with van der Waals surface area (Å²) in [5.41, 5.74) is 1.23. The van der Waals surface area contributed by atoms with Crippen LogP contribution in [0, 0.1) is 0 Å². The van der Waals surface area contributed by atoms with Gasteiger partial charge in [-0.15, -0.1) is 10.2 Å². The number of nitrogens with zero attached hydrogens (tertiary/aromatic N) is 3. The maximum Gasteiger partial charge on any atom is 0.191 e. The maximum atomic E-state index is 12.3. The fourth-order valence-electron chi connectivity index (χ4n) is 2.55. The average Bonchev–Trinajstić information content (AvgIpc) is 3.04. The molecule has 0 saturated carbocycles. The normalized spacial score (nSPS) is 12.2. The zero-order valence-electron chi connectivity index (χ0n) is 14.2. The number of hydrogen-bond acceptors (Lipinski definition) is 4. The van der Waals surface area contributed by atoms with Crippen molar-refractivity contribution in [2.45, 2.75) is 29.9 Å². The number of rotatable bonds is 8. The van der Waals surface area contributed by atoms with Crippen LogP contribution in [0.1, 0.15) is 18.3 Å². The second-order valence-electron chi connectivity index (χ2n) is 5.52. The smallest absolute Gasteiger partial charge is 0.191 e. The standard InChI is InChI=1S/C19H21N3OS2/c1-2-22-18(15-16-9-5-3-6-10-16)20-21-19(22)24-13-14-25(23)17-11-7-4-8-12-17/h3-12H,2,13-15H2,1H3/t25-/m0/s1. The molecular weight excluding hydrogens is 350 g/mol. The van der Waals surface area contributed by atoms with Crippen molar-refractivity contribution in [1.29, 1.82) is 0 Å². The van der Waals surface area contributed by atoms with Crippen molar-refractivity contribution >= 4 is 22.6 Å². The molecule has 0 N–H and O–H groups in total. The summed E-state index contributed by atoms with van der Waals surface area (Å²) in [4.78, 5) is 0.879. The summed E-state index contributed by atoms with van der Waals surface area (Å²) in [6, 6.07) is 19.9. The Morgan fingerprint density at radius 2 is 1.68 bits per heavy atom. The molecule has 4 nitrogen and oxygen atoms in total. The highest BCUT2D eigenvalue weighted by molar-refractivity contribution is 8.00. The van der Waals surface area contributed by atoms with Gasteiger partial charge >= 0.3 is 0 Å². The van der Waals surface area contributed by atoms with Crippen molar-refractivity contribution in [1.82, 2.24) is 14.8 Å². The van der Waals surface area contributed by atoms with Gasteiger partial charge in [0.2, 0.25) is 0 Å². The second kappa shape index (κ2) is 8.97. The van der Waals surface area contributed by atoms with Crippen LogP contribution in [0.5, 0.6) is 0 Å². The van der Waals surface area contributed by atoms with E-state index in [4.69, 9.17) is 0 Å². The highest BCUT2D eigenvalue weighted by atomic mass is 32.2. The molecule has 0 amide bonds. The molecule has 1 aromatic heterocycles. The van der Waals surface area contributed by atoms with E-state index in [-0.39, 0.29) is 0 Å². The third kappa shape index (κ3) is 4.80. The largest absolute Gasteiger partial charge is 0.306 e. The zero-order valence-corrected chi connectivity index (χ0v) is 15.8. The highest BCUT2D eigenvalue weighted by Gasteiger charge is 2.12. The van der Waals surface area contributed by atoms with Gasteiger partial charge in [0.1, 0.15) is 5.82 Å². The molecule has 0 saturated heterocycles. The summed E-state index contributed by atoms with van der Waals surface area (Å²) in [5, 5.41) is 9.59. The van der Waals surface area contributed by atoms with E-state index in [9.17, 15) is 4.21 Å². The van der Waals surface area contributed by atoms with Gasteiger partial charge in [0.15, 0.2) is 5.16 Å². The van der Waals surface area contributed by atoms with E-state index in [2.05, 4.69) is 33.8 Å². The third-order valence-electron chi connectivity index (χ3n) is 3.82. The van der Waals surface area contributed by atoms with E-state index in [0.717, 1.165) is 34.6 Å². The predicted molar refractivity (Wildman–Crippen MR) is 103 cm³/mol. The molecule has 1 heterocycles. The van der Waals surface area contributed by atoms with Crippen molar-refractivity contribution in [2.75, 3.05) is 11.5 Å². The van der Waals surface area contributed by atoms with Crippen LogP contribution in [0.2, 0.25) is 0 Å². The van der Waals surface area contributed by atoms with Gasteiger partial charge in [-0.1, -0.05) is 60.3 Å². The van der Waals surface area contributed by atoms with Crippen LogP contribution < -0.4 is 0 Å². The molecule has 1 atom stereocenters. The Balaban J connectivity index is 1.60. The number of thioether (sulfide) groups is 1. The van der Waals surface area contributed by atoms with Gasteiger partial charge in [0.05, 0.1) is 10.8 Å². The molecule has 0 fully saturated rings. The molecule has 6 heteroatoms. The molecule has 3 aromatic rings. The van der Waals surface area contributed by atoms with Gasteiger partial charge in [0.25, 0.3) is 0 Å². The lowest BCUT2D eigenvalue weighted by Crippen LogP contribution is -2.06. The van der Waals surface area contributed by atoms with E-state index in [1.807, 2.05) is 48.5 Å². The third-order valence-corrected chi connectivity index (χ3v) is 6.42. The number of benzene rings is 2. The predicted octanol–water partition coefficient (Wildman–Crippen LogP) is 3.79. The van der Waals surface area contributed by atoms with Gasteiger partial charge in [-0.05, 0) is 24.6 Å². The molecule has 3 rings (SSSR count). The summed E-state index contributed by atoms with van der Waals surface area (Å²) in [6.07, 6.45) is 0.776. The topological polar surface area (TPSA) is 47.8 Å². The van der Waals surface area contributed by atoms with Crippen LogP contribution in [0.15, 0.2) is 70.7 Å². The lowest BCUT2D eigenvalue weighted by atomic mass is 10.1. The lowest BCUT2D eigenvalue weighted by Gasteiger charge is -2.07. The van der Waals surface area contributed by atoms with Crippen LogP contribution in [0.4, 0.5) is 0 Å². The number of aromatic nitrogens is 3. The molecule has 0 aliphatic rings. The first-order chi connectivity index (χ1) is 12.3. The van der Waals surface area contributed by atoms with Gasteiger partial charge in [-0.2, -0.15) is 0 Å². The van der Waals surface area contributed by atoms with Crippen molar-refractivity contribution in [3.63, 3.8) is 0 Å². The molecule has 0 unspecified atom stereocenters. The molecule has 0 aliphatic carbocycles. The minimum absolute atomic E-state index is 0.610. The van der Waals surface area contributed by atoms with Gasteiger partial charge in [-0.25, -0.2) is 0 Å². The van der Waals surface area contributed by atoms with Crippen LogP contribution in [-0.2, 0) is 23.8 Å². The van der Waals surface area contributed by atoms with Crippen LogP contribution in [0.3, 0.4) is 0 Å². The Morgan fingerprint density at radius 3 is 2.36 bits per heavy atom. The first-order valence-electron chi connectivity index (χ1n) is 8.30. The summed E-state index contributed by atoms with van der Waals surface area (Å²) in [6.45, 7) is 2.93. The van der Waals surface area contributed by atoms with Crippen molar-refractivity contribution in [2.24, 2.45) is 0 Å². The number of hydrogen-bond donors (Lipinski definition) is 0. The molecular formula is C19H21N3OS2.